The summed E-state index contributed by atoms with van der Waals surface area (Å²) >= 11 is 0. The number of hydrogen-bond acceptors (Lipinski definition) is 20. The van der Waals surface area contributed by atoms with Crippen molar-refractivity contribution in [3.63, 3.8) is 0 Å². The molecule has 2 heterocycles. The Morgan fingerprint density at radius 2 is 1.30 bits per heavy atom. The minimum atomic E-state index is -1.57. The van der Waals surface area contributed by atoms with Gasteiger partial charge in [0.05, 0.1) is 25.0 Å². The summed E-state index contributed by atoms with van der Waals surface area (Å²) in [6, 6.07) is -9.96. The van der Waals surface area contributed by atoms with E-state index in [4.69, 9.17) is 51.6 Å². The molecule has 29 N–H and O–H groups in total. The predicted molar refractivity (Wildman–Crippen MR) is 320 cm³/mol. The number of aliphatic hydroxyl groups excluding tert-OH is 1. The van der Waals surface area contributed by atoms with Crippen LogP contribution >= 0.6 is 0 Å². The summed E-state index contributed by atoms with van der Waals surface area (Å²) in [6.07, 6.45) is 8.21. The lowest BCUT2D eigenvalue weighted by Gasteiger charge is -2.30. The topological polar surface area (TPSA) is 578 Å². The van der Waals surface area contributed by atoms with Gasteiger partial charge in [0.25, 0.3) is 5.91 Å². The smallest absolute Gasteiger partial charge is 0.268 e. The summed E-state index contributed by atoms with van der Waals surface area (Å²) in [5, 5.41) is 33.8. The molecule has 2 rings (SSSR count). The van der Waals surface area contributed by atoms with Gasteiger partial charge in [-0.1, -0.05) is 12.5 Å². The largest absolute Gasteiger partial charge is 0.389 e. The van der Waals surface area contributed by atoms with Gasteiger partial charge in [0.1, 0.15) is 48.0 Å². The molecular weight excluding hydrogens is 1120 g/mol. The first-order valence-electron chi connectivity index (χ1n) is 29.5. The lowest BCUT2D eigenvalue weighted by Crippen LogP contribution is -2.60. The van der Waals surface area contributed by atoms with E-state index in [2.05, 4.69) is 62.8 Å². The molecule has 0 aliphatic carbocycles. The Hall–Kier alpha value is -7.40. The number of guanidine groups is 1. The Morgan fingerprint density at radius 3 is 1.91 bits per heavy atom. The third-order valence-electron chi connectivity index (χ3n) is 13.8. The molecule has 0 spiro atoms. The number of likely N-dealkylation sites (tertiary alicyclic amines) is 1. The molecule has 1 fully saturated rings. The van der Waals surface area contributed by atoms with Gasteiger partial charge in [-0.2, -0.15) is 0 Å². The van der Waals surface area contributed by atoms with Gasteiger partial charge in [0.2, 0.25) is 53.2 Å². The third-order valence-corrected chi connectivity index (χ3v) is 13.8. The quantitative estimate of drug-likeness (QED) is 0.0125. The zero-order valence-corrected chi connectivity index (χ0v) is 49.6. The summed E-state index contributed by atoms with van der Waals surface area (Å²) in [6.45, 7) is 2.21. The number of carbonyl (C=O) groups excluding carboxylic acids is 10. The summed E-state index contributed by atoms with van der Waals surface area (Å²) in [5.41, 5.74) is 51.2. The summed E-state index contributed by atoms with van der Waals surface area (Å²) in [5.74, 6) is -7.82. The Bertz CT molecular complexity index is 2340. The van der Waals surface area contributed by atoms with Gasteiger partial charge in [-0.05, 0) is 136 Å². The molecule has 9 atom stereocenters. The number of nitrogens with one attached hydrogen (secondary N) is 10. The van der Waals surface area contributed by atoms with E-state index in [9.17, 15) is 53.1 Å². The fourth-order valence-corrected chi connectivity index (χ4v) is 8.94. The number of unbranched alkanes of at least 4 members (excludes halogenated alkanes) is 4. The van der Waals surface area contributed by atoms with Crippen LogP contribution < -0.4 is 99.5 Å². The second kappa shape index (κ2) is 42.4. The Labute approximate surface area is 501 Å². The van der Waals surface area contributed by atoms with Crippen LogP contribution in [0.1, 0.15) is 115 Å². The molecule has 86 heavy (non-hydrogen) atoms. The maximum Gasteiger partial charge on any atom is 0.268 e. The minimum Gasteiger partial charge on any atom is -0.389 e. The van der Waals surface area contributed by atoms with Gasteiger partial charge in [-0.3, -0.25) is 52.9 Å². The molecule has 1 aliphatic heterocycles. The molecule has 33 nitrogen and oxygen atoms in total. The van der Waals surface area contributed by atoms with Crippen LogP contribution in [0.4, 0.5) is 0 Å². The van der Waals surface area contributed by atoms with Crippen molar-refractivity contribution in [3.05, 3.63) is 30.0 Å². The predicted octanol–water partition coefficient (Wildman–Crippen LogP) is -7.72. The van der Waals surface area contributed by atoms with Crippen LogP contribution in [0.2, 0.25) is 0 Å². The first kappa shape index (κ1) is 74.7. The fourth-order valence-electron chi connectivity index (χ4n) is 8.94. The van der Waals surface area contributed by atoms with E-state index in [0.717, 1.165) is 0 Å². The molecule has 0 unspecified atom stereocenters. The van der Waals surface area contributed by atoms with E-state index < -0.39 is 127 Å². The third kappa shape index (κ3) is 28.2. The van der Waals surface area contributed by atoms with Crippen molar-refractivity contribution in [3.8, 4) is 0 Å². The van der Waals surface area contributed by atoms with E-state index in [1.54, 1.807) is 0 Å². The molecule has 1 aliphatic rings. The SMILES string of the molecule is C[C@H](NC(=O)[C@@H](NC(=O)[C@@H](N)CCCCN)[C@@H](O)CN)C(=O)NCC(=O)N[C@H](CCCN)C(=O)N1CCC[C@H]1C(=O)N[C@@H](Cc1cnc[nH]1)C(=O)N[C@@H](CCCCN)C(=O)N/C(=C\CCN=C(N)N)C(=O)N[C@@H](CCCCN)C(=O)NCCCCN. The number of aliphatic imine (C=N–C) groups is 1. The number of carbonyl (C=O) groups is 10. The van der Waals surface area contributed by atoms with Gasteiger partial charge in [-0.15, -0.1) is 0 Å². The van der Waals surface area contributed by atoms with Crippen molar-refractivity contribution in [2.75, 3.05) is 65.4 Å². The van der Waals surface area contributed by atoms with Gasteiger partial charge >= 0.3 is 0 Å². The number of nitrogens with zero attached hydrogens (tertiary/aromatic N) is 3. The maximum atomic E-state index is 14.5. The first-order chi connectivity index (χ1) is 41.2. The van der Waals surface area contributed by atoms with Crippen molar-refractivity contribution in [1.82, 2.24) is 62.7 Å². The van der Waals surface area contributed by atoms with Crippen LogP contribution in [0.5, 0.6) is 0 Å². The highest BCUT2D eigenvalue weighted by molar-refractivity contribution is 6.02. The number of nitrogens with two attached hydrogens (primary N) is 9. The average Bonchev–Trinajstić information content (AvgIpc) is 3.72. The number of aromatic nitrogens is 2. The second-order valence-electron chi connectivity index (χ2n) is 20.9. The van der Waals surface area contributed by atoms with Crippen molar-refractivity contribution in [1.29, 1.82) is 0 Å². The molecule has 0 saturated carbocycles. The van der Waals surface area contributed by atoms with Gasteiger partial charge in [0.15, 0.2) is 5.96 Å². The van der Waals surface area contributed by atoms with Crippen LogP contribution in [0.15, 0.2) is 29.3 Å². The Balaban J connectivity index is 2.33. The average molecular weight is 1220 g/mol. The Morgan fingerprint density at radius 1 is 0.686 bits per heavy atom. The summed E-state index contributed by atoms with van der Waals surface area (Å²) in [7, 11) is 0. The second-order valence-corrected chi connectivity index (χ2v) is 20.9. The number of rotatable bonds is 44. The van der Waals surface area contributed by atoms with Crippen molar-refractivity contribution >= 4 is 65.0 Å². The number of amides is 10. The van der Waals surface area contributed by atoms with Gasteiger partial charge in [0, 0.05) is 44.5 Å². The summed E-state index contributed by atoms with van der Waals surface area (Å²) in [4.78, 5) is 150. The fraction of sp³-hybridized carbons (Fsp3) is 0.698. The number of aliphatic hydroxyl groups is 1. The van der Waals surface area contributed by atoms with E-state index in [1.807, 2.05) is 0 Å². The van der Waals surface area contributed by atoms with Gasteiger partial charge < -0.3 is 114 Å². The normalized spacial score (nSPS) is 15.9. The van der Waals surface area contributed by atoms with Crippen LogP contribution in [0.3, 0.4) is 0 Å². The monoisotopic (exact) mass is 1220 g/mol. The first-order valence-corrected chi connectivity index (χ1v) is 29.5. The highest BCUT2D eigenvalue weighted by atomic mass is 16.3. The standard InChI is InChI=1S/C53H98N22O11/c1-32(68-51(85)43(41(76)28-59)74-45(79)34(60)13-2-5-19-54)44(78)66-30-42(77)69-38(16-10-23-58)52(86)75-26-12-18-40(75)50(84)73-39(27-33-29-63-31-67-33)49(83)72-36(15-4-7-21-56)47(81)71-37(17-11-25-65-53(61)62)48(82)70-35(14-3-6-20-55)46(80)64-24-9-8-22-57/h17,29,31-32,34-36,38-41,43,76H,2-16,18-28,30,54-60H2,1H3,(H,63,67)(H,64,80)(H,66,78)(H,68,85)(H,69,77)(H,70,82)(H,71,81)(H,72,83)(H,73,84)(H,74,79)(H4,61,62,65)/b37-17-/t32-,34-,35-,36-,38+,39-,40-,41-,43-/m0/s1. The zero-order chi connectivity index (χ0) is 64.0. The molecule has 1 aromatic rings. The maximum absolute atomic E-state index is 14.5. The lowest BCUT2D eigenvalue weighted by atomic mass is 10.0. The van der Waals surface area contributed by atoms with Crippen LogP contribution in [0, 0.1) is 0 Å². The molecular formula is C53H98N22O11. The van der Waals surface area contributed by atoms with Gasteiger partial charge in [-0.25, -0.2) is 4.98 Å². The summed E-state index contributed by atoms with van der Waals surface area (Å²) < 4.78 is 0. The van der Waals surface area contributed by atoms with E-state index >= 15 is 0 Å². The highest BCUT2D eigenvalue weighted by Crippen LogP contribution is 2.21. The molecule has 486 valence electrons. The van der Waals surface area contributed by atoms with Crippen molar-refractivity contribution < 1.29 is 53.1 Å². The van der Waals surface area contributed by atoms with Crippen LogP contribution in [0.25, 0.3) is 0 Å². The Kier molecular flexibility index (Phi) is 36.8. The molecule has 0 aromatic carbocycles. The molecule has 0 bridgehead atoms. The van der Waals surface area contributed by atoms with E-state index in [0.29, 0.717) is 89.7 Å². The van der Waals surface area contributed by atoms with Crippen LogP contribution in [-0.4, -0.2) is 205 Å². The number of hydrogen-bond donors (Lipinski definition) is 20. The van der Waals surface area contributed by atoms with Crippen LogP contribution in [-0.2, 0) is 54.4 Å². The molecule has 0 radical (unpaired) electrons. The number of aromatic amines is 1. The number of H-pyrrole nitrogens is 1. The highest BCUT2D eigenvalue weighted by Gasteiger charge is 2.40. The van der Waals surface area contributed by atoms with E-state index in [-0.39, 0.29) is 89.2 Å². The van der Waals surface area contributed by atoms with E-state index in [1.165, 1.54) is 30.4 Å². The van der Waals surface area contributed by atoms with Crippen molar-refractivity contribution in [2.45, 2.75) is 171 Å². The molecule has 10 amide bonds. The molecule has 1 aromatic heterocycles. The zero-order valence-electron chi connectivity index (χ0n) is 49.6. The minimum absolute atomic E-state index is 0.0301. The lowest BCUT2D eigenvalue weighted by molar-refractivity contribution is -0.142. The number of imidazole rings is 1. The molecule has 33 heteroatoms. The van der Waals surface area contributed by atoms with Crippen molar-refractivity contribution in [2.24, 2.45) is 56.6 Å². The molecule has 1 saturated heterocycles.